The lowest BCUT2D eigenvalue weighted by molar-refractivity contribution is 0.423. The zero-order valence-electron chi connectivity index (χ0n) is 11.5. The van der Waals surface area contributed by atoms with E-state index >= 15 is 0 Å². The van der Waals surface area contributed by atoms with Crippen LogP contribution in [0.3, 0.4) is 0 Å². The summed E-state index contributed by atoms with van der Waals surface area (Å²) in [5.74, 6) is 1.47. The van der Waals surface area contributed by atoms with Crippen molar-refractivity contribution in [2.45, 2.75) is 33.2 Å². The molecule has 1 heterocycles. The second-order valence-corrected chi connectivity index (χ2v) is 5.06. The summed E-state index contributed by atoms with van der Waals surface area (Å²) in [6.45, 7) is 7.12. The quantitative estimate of drug-likeness (QED) is 0.883. The number of rotatable bonds is 5. The molecule has 0 fully saturated rings. The van der Waals surface area contributed by atoms with E-state index in [1.165, 1.54) is 0 Å². The fourth-order valence-corrected chi connectivity index (χ4v) is 2.11. The predicted molar refractivity (Wildman–Crippen MR) is 78.4 cm³/mol. The highest BCUT2D eigenvalue weighted by Crippen LogP contribution is 2.29. The molecule has 0 aliphatic rings. The second-order valence-electron chi connectivity index (χ2n) is 4.65. The zero-order chi connectivity index (χ0) is 13.8. The van der Waals surface area contributed by atoms with E-state index in [4.69, 9.17) is 16.0 Å². The van der Waals surface area contributed by atoms with Crippen molar-refractivity contribution in [1.29, 1.82) is 0 Å². The summed E-state index contributed by atoms with van der Waals surface area (Å²) in [5, 5.41) is 4.10. The van der Waals surface area contributed by atoms with Crippen LogP contribution in [0.25, 0.3) is 11.3 Å². The Morgan fingerprint density at radius 2 is 2.21 bits per heavy atom. The Morgan fingerprint density at radius 3 is 2.95 bits per heavy atom. The van der Waals surface area contributed by atoms with Crippen molar-refractivity contribution in [2.75, 3.05) is 6.54 Å². The van der Waals surface area contributed by atoms with E-state index in [9.17, 15) is 0 Å². The number of oxazole rings is 1. The zero-order valence-corrected chi connectivity index (χ0v) is 12.3. The van der Waals surface area contributed by atoms with Gasteiger partial charge in [-0.05, 0) is 38.4 Å². The number of benzene rings is 1. The van der Waals surface area contributed by atoms with E-state index in [-0.39, 0.29) is 6.04 Å². The van der Waals surface area contributed by atoms with Crippen LogP contribution >= 0.6 is 11.6 Å². The number of nitrogens with one attached hydrogen (secondary N) is 1. The van der Waals surface area contributed by atoms with E-state index < -0.39 is 0 Å². The summed E-state index contributed by atoms with van der Waals surface area (Å²) in [4.78, 5) is 4.34. The average molecular weight is 279 g/mol. The molecule has 1 N–H and O–H groups in total. The molecule has 0 aliphatic carbocycles. The molecule has 0 saturated heterocycles. The first-order valence-corrected chi connectivity index (χ1v) is 6.96. The molecule has 0 radical (unpaired) electrons. The van der Waals surface area contributed by atoms with Gasteiger partial charge in [0, 0.05) is 10.6 Å². The second kappa shape index (κ2) is 6.22. The largest absolute Gasteiger partial charge is 0.439 e. The molecule has 1 unspecified atom stereocenters. The molecule has 19 heavy (non-hydrogen) atoms. The summed E-state index contributed by atoms with van der Waals surface area (Å²) < 4.78 is 5.83. The van der Waals surface area contributed by atoms with Gasteiger partial charge in [0.2, 0.25) is 5.89 Å². The molecule has 0 amide bonds. The maximum atomic E-state index is 6.13. The van der Waals surface area contributed by atoms with E-state index in [1.54, 1.807) is 6.20 Å². The van der Waals surface area contributed by atoms with Crippen molar-refractivity contribution in [2.24, 2.45) is 0 Å². The molecule has 0 spiro atoms. The lowest BCUT2D eigenvalue weighted by Crippen LogP contribution is -2.19. The molecule has 4 heteroatoms. The molecule has 102 valence electrons. The summed E-state index contributed by atoms with van der Waals surface area (Å²) in [6, 6.07) is 5.91. The Balaban J connectivity index is 2.23. The van der Waals surface area contributed by atoms with Crippen LogP contribution in [0.2, 0.25) is 5.02 Å². The molecule has 0 saturated carbocycles. The lowest BCUT2D eigenvalue weighted by Gasteiger charge is -2.08. The number of hydrogen-bond acceptors (Lipinski definition) is 3. The van der Waals surface area contributed by atoms with Gasteiger partial charge in [0.05, 0.1) is 12.2 Å². The average Bonchev–Trinajstić information content (AvgIpc) is 2.88. The summed E-state index contributed by atoms with van der Waals surface area (Å²) in [6.07, 6.45) is 2.85. The minimum absolute atomic E-state index is 0.119. The third-order valence-corrected chi connectivity index (χ3v) is 3.54. The van der Waals surface area contributed by atoms with Crippen LogP contribution in [0.5, 0.6) is 0 Å². The highest BCUT2D eigenvalue weighted by molar-refractivity contribution is 6.31. The van der Waals surface area contributed by atoms with E-state index in [2.05, 4.69) is 24.1 Å². The summed E-state index contributed by atoms with van der Waals surface area (Å²) >= 11 is 6.13. The number of nitrogens with zero attached hydrogens (tertiary/aromatic N) is 1. The standard InChI is InChI=1S/C15H19ClN2O/c1-4-8-17-11(3)15-18-9-14(19-15)12-6-5-7-13(16)10(12)2/h5-7,9,11,17H,4,8H2,1-3H3. The Bertz CT molecular complexity index is 551. The van der Waals surface area contributed by atoms with Gasteiger partial charge in [0.1, 0.15) is 0 Å². The Morgan fingerprint density at radius 1 is 1.42 bits per heavy atom. The van der Waals surface area contributed by atoms with Crippen molar-refractivity contribution >= 4 is 11.6 Å². The van der Waals surface area contributed by atoms with Gasteiger partial charge in [-0.3, -0.25) is 0 Å². The SMILES string of the molecule is CCCNC(C)c1ncc(-c2cccc(Cl)c2C)o1. The van der Waals surface area contributed by atoms with Crippen LogP contribution in [0.15, 0.2) is 28.8 Å². The first-order valence-electron chi connectivity index (χ1n) is 6.58. The third-order valence-electron chi connectivity index (χ3n) is 3.13. The van der Waals surface area contributed by atoms with Crippen LogP contribution in [0.1, 0.15) is 37.8 Å². The van der Waals surface area contributed by atoms with Crippen molar-refractivity contribution in [1.82, 2.24) is 10.3 Å². The molecule has 3 nitrogen and oxygen atoms in total. The van der Waals surface area contributed by atoms with Crippen molar-refractivity contribution in [3.05, 3.63) is 40.9 Å². The summed E-state index contributed by atoms with van der Waals surface area (Å²) in [7, 11) is 0. The number of hydrogen-bond donors (Lipinski definition) is 1. The minimum atomic E-state index is 0.119. The molecule has 2 rings (SSSR count). The van der Waals surface area contributed by atoms with Crippen LogP contribution in [0, 0.1) is 6.92 Å². The normalized spacial score (nSPS) is 12.6. The van der Waals surface area contributed by atoms with E-state index in [0.717, 1.165) is 34.9 Å². The Labute approximate surface area is 119 Å². The van der Waals surface area contributed by atoms with Gasteiger partial charge in [-0.1, -0.05) is 30.7 Å². The molecule has 1 aromatic heterocycles. The number of aromatic nitrogens is 1. The fraction of sp³-hybridized carbons (Fsp3) is 0.400. The molecular formula is C15H19ClN2O. The molecule has 0 bridgehead atoms. The van der Waals surface area contributed by atoms with E-state index in [0.29, 0.717) is 5.89 Å². The van der Waals surface area contributed by atoms with Gasteiger partial charge < -0.3 is 9.73 Å². The van der Waals surface area contributed by atoms with Crippen LogP contribution in [-0.2, 0) is 0 Å². The molecule has 2 aromatic rings. The fourth-order valence-electron chi connectivity index (χ4n) is 1.93. The predicted octanol–water partition coefficient (Wildman–Crippen LogP) is 4.36. The van der Waals surface area contributed by atoms with Gasteiger partial charge in [-0.25, -0.2) is 4.98 Å². The van der Waals surface area contributed by atoms with Crippen molar-refractivity contribution in [3.63, 3.8) is 0 Å². The third kappa shape index (κ3) is 3.17. The summed E-state index contributed by atoms with van der Waals surface area (Å²) in [5.41, 5.74) is 2.01. The van der Waals surface area contributed by atoms with E-state index in [1.807, 2.05) is 25.1 Å². The monoisotopic (exact) mass is 278 g/mol. The van der Waals surface area contributed by atoms with Gasteiger partial charge in [-0.15, -0.1) is 0 Å². The Hall–Kier alpha value is -1.32. The first kappa shape index (κ1) is 14.1. The highest BCUT2D eigenvalue weighted by Gasteiger charge is 2.14. The van der Waals surface area contributed by atoms with Gasteiger partial charge in [-0.2, -0.15) is 0 Å². The lowest BCUT2D eigenvalue weighted by atomic mass is 10.1. The van der Waals surface area contributed by atoms with Gasteiger partial charge in [0.25, 0.3) is 0 Å². The molecule has 1 atom stereocenters. The van der Waals surface area contributed by atoms with Crippen LogP contribution in [0.4, 0.5) is 0 Å². The smallest absolute Gasteiger partial charge is 0.211 e. The highest BCUT2D eigenvalue weighted by atomic mass is 35.5. The van der Waals surface area contributed by atoms with Crippen LogP contribution < -0.4 is 5.32 Å². The van der Waals surface area contributed by atoms with Crippen LogP contribution in [-0.4, -0.2) is 11.5 Å². The molecule has 0 aliphatic heterocycles. The maximum absolute atomic E-state index is 6.13. The Kier molecular flexibility index (Phi) is 4.61. The minimum Gasteiger partial charge on any atom is -0.439 e. The number of halogens is 1. The maximum Gasteiger partial charge on any atom is 0.211 e. The first-order chi connectivity index (χ1) is 9.13. The van der Waals surface area contributed by atoms with Gasteiger partial charge in [0.15, 0.2) is 5.76 Å². The van der Waals surface area contributed by atoms with Crippen molar-refractivity contribution < 1.29 is 4.42 Å². The topological polar surface area (TPSA) is 38.1 Å². The van der Waals surface area contributed by atoms with Crippen molar-refractivity contribution in [3.8, 4) is 11.3 Å². The molecule has 1 aromatic carbocycles. The molecular weight excluding hydrogens is 260 g/mol. The van der Waals surface area contributed by atoms with Gasteiger partial charge >= 0.3 is 0 Å².